The molecule has 29 heavy (non-hydrogen) atoms. The summed E-state index contributed by atoms with van der Waals surface area (Å²) in [5.41, 5.74) is 0.836. The van der Waals surface area contributed by atoms with Gasteiger partial charge in [-0.05, 0) is 51.3 Å². The van der Waals surface area contributed by atoms with Crippen molar-refractivity contribution in [2.75, 3.05) is 13.6 Å². The lowest BCUT2D eigenvalue weighted by atomic mass is 10.2. The Labute approximate surface area is 175 Å². The predicted octanol–water partition coefficient (Wildman–Crippen LogP) is 4.52. The van der Waals surface area contributed by atoms with Crippen molar-refractivity contribution in [1.82, 2.24) is 10.2 Å². The fourth-order valence-electron chi connectivity index (χ4n) is 4.42. The van der Waals surface area contributed by atoms with Crippen LogP contribution in [0.4, 0.5) is 0 Å². The molecule has 1 heterocycles. The standard InChI is InChI=1S/C23H35N2O3P/c1-3-4-5-6-10-14-20-17-23(20,24-22(26)21-15-11-16-25(21)2)29(27,28)18-19-12-8-7-9-13-19/h7-10,12-14,20-21H,3-6,11,15-18H2,1-2H3,(H,24,26)(H,27,28)/b14-10-/t20?,21?,23-/m0/s1. The van der Waals surface area contributed by atoms with Gasteiger partial charge in [0, 0.05) is 5.92 Å². The molecule has 3 unspecified atom stereocenters. The third-order valence-corrected chi connectivity index (χ3v) is 9.02. The van der Waals surface area contributed by atoms with Crippen molar-refractivity contribution in [3.8, 4) is 0 Å². The van der Waals surface area contributed by atoms with Crippen molar-refractivity contribution in [3.05, 3.63) is 48.0 Å². The molecule has 2 fully saturated rings. The Morgan fingerprint density at radius 1 is 1.34 bits per heavy atom. The smallest absolute Gasteiger partial charge is 0.238 e. The molecule has 0 spiro atoms. The first-order valence-electron chi connectivity index (χ1n) is 10.9. The lowest BCUT2D eigenvalue weighted by molar-refractivity contribution is -0.125. The lowest BCUT2D eigenvalue weighted by Gasteiger charge is -2.28. The number of likely N-dealkylation sites (tertiary alicyclic amines) is 1. The second-order valence-corrected chi connectivity index (χ2v) is 11.1. The summed E-state index contributed by atoms with van der Waals surface area (Å²) in [5, 5.41) is 2.03. The number of amides is 1. The zero-order chi connectivity index (χ0) is 20.9. The molecule has 3 rings (SSSR count). The zero-order valence-corrected chi connectivity index (χ0v) is 18.6. The molecule has 1 amide bonds. The molecule has 1 saturated carbocycles. The van der Waals surface area contributed by atoms with Crippen LogP contribution in [0.1, 0.15) is 57.4 Å². The van der Waals surface area contributed by atoms with Crippen LogP contribution in [0.3, 0.4) is 0 Å². The van der Waals surface area contributed by atoms with Crippen molar-refractivity contribution >= 4 is 13.3 Å². The second kappa shape index (κ2) is 9.59. The van der Waals surface area contributed by atoms with Crippen molar-refractivity contribution in [2.24, 2.45) is 5.92 Å². The molecule has 160 valence electrons. The van der Waals surface area contributed by atoms with Gasteiger partial charge in [-0.2, -0.15) is 0 Å². The lowest BCUT2D eigenvalue weighted by Crippen LogP contribution is -2.47. The van der Waals surface area contributed by atoms with E-state index in [9.17, 15) is 14.3 Å². The highest BCUT2D eigenvalue weighted by Crippen LogP contribution is 2.70. The molecule has 2 N–H and O–H groups in total. The van der Waals surface area contributed by atoms with Gasteiger partial charge in [0.1, 0.15) is 5.28 Å². The van der Waals surface area contributed by atoms with Gasteiger partial charge in [0.2, 0.25) is 13.3 Å². The van der Waals surface area contributed by atoms with Gasteiger partial charge in [0.05, 0.1) is 12.2 Å². The van der Waals surface area contributed by atoms with E-state index in [4.69, 9.17) is 0 Å². The number of nitrogens with one attached hydrogen (secondary N) is 1. The quantitative estimate of drug-likeness (QED) is 0.333. The molecule has 2 aliphatic rings. The highest BCUT2D eigenvalue weighted by molar-refractivity contribution is 7.59. The molecular formula is C23H35N2O3P. The van der Waals surface area contributed by atoms with Crippen LogP contribution in [-0.4, -0.2) is 40.6 Å². The fraction of sp³-hybridized carbons (Fsp3) is 0.609. The Bertz CT molecular complexity index is 767. The summed E-state index contributed by atoms with van der Waals surface area (Å²) in [5.74, 6) is -0.173. The van der Waals surface area contributed by atoms with Crippen molar-refractivity contribution in [2.45, 2.75) is 69.4 Å². The summed E-state index contributed by atoms with van der Waals surface area (Å²) >= 11 is 0. The number of nitrogens with zero attached hydrogens (tertiary/aromatic N) is 1. The second-order valence-electron chi connectivity index (χ2n) is 8.63. The van der Waals surface area contributed by atoms with Gasteiger partial charge in [0.25, 0.3) is 0 Å². The molecule has 0 aromatic heterocycles. The van der Waals surface area contributed by atoms with Crippen LogP contribution in [0, 0.1) is 5.92 Å². The van der Waals surface area contributed by atoms with Gasteiger partial charge >= 0.3 is 0 Å². The first-order valence-corrected chi connectivity index (χ1v) is 12.8. The Morgan fingerprint density at radius 2 is 2.10 bits per heavy atom. The molecule has 0 bridgehead atoms. The molecule has 1 aromatic carbocycles. The maximum absolute atomic E-state index is 13.5. The summed E-state index contributed by atoms with van der Waals surface area (Å²) < 4.78 is 13.5. The normalized spacial score (nSPS) is 29.1. The Balaban J connectivity index is 1.75. The SMILES string of the molecule is CCCCC/C=C\C1C[C@]1(NC(=O)C1CCCN1C)P(=O)(O)Cc1ccccc1. The van der Waals surface area contributed by atoms with E-state index in [2.05, 4.69) is 24.4 Å². The van der Waals surface area contributed by atoms with Gasteiger partial charge in [0.15, 0.2) is 0 Å². The minimum Gasteiger partial charge on any atom is -0.342 e. The maximum Gasteiger partial charge on any atom is 0.238 e. The summed E-state index contributed by atoms with van der Waals surface area (Å²) in [6.07, 6.45) is 11.1. The van der Waals surface area contributed by atoms with E-state index in [-0.39, 0.29) is 24.0 Å². The van der Waals surface area contributed by atoms with Crippen LogP contribution < -0.4 is 5.32 Å². The Kier molecular flexibility index (Phi) is 7.37. The largest absolute Gasteiger partial charge is 0.342 e. The van der Waals surface area contributed by atoms with E-state index >= 15 is 0 Å². The number of hydrogen-bond acceptors (Lipinski definition) is 3. The Morgan fingerprint density at radius 3 is 2.76 bits per heavy atom. The topological polar surface area (TPSA) is 69.6 Å². The van der Waals surface area contributed by atoms with Gasteiger partial charge in [-0.1, -0.05) is 62.2 Å². The molecule has 6 heteroatoms. The van der Waals surface area contributed by atoms with Crippen molar-refractivity contribution in [3.63, 3.8) is 0 Å². The van der Waals surface area contributed by atoms with Crippen molar-refractivity contribution in [1.29, 1.82) is 0 Å². The predicted molar refractivity (Wildman–Crippen MR) is 118 cm³/mol. The van der Waals surface area contributed by atoms with Gasteiger partial charge in [-0.25, -0.2) is 0 Å². The number of likely N-dealkylation sites (N-methyl/N-ethyl adjacent to an activating group) is 1. The van der Waals surface area contributed by atoms with Crippen LogP contribution in [0.15, 0.2) is 42.5 Å². The van der Waals surface area contributed by atoms with Crippen LogP contribution in [0.5, 0.6) is 0 Å². The average Bonchev–Trinajstić information content (AvgIpc) is 3.22. The van der Waals surface area contributed by atoms with E-state index in [1.807, 2.05) is 42.3 Å². The highest BCUT2D eigenvalue weighted by Gasteiger charge is 2.65. The molecule has 1 aromatic rings. The third-order valence-electron chi connectivity index (χ3n) is 6.35. The summed E-state index contributed by atoms with van der Waals surface area (Å²) in [6.45, 7) is 3.07. The molecule has 1 saturated heterocycles. The van der Waals surface area contributed by atoms with E-state index in [1.165, 1.54) is 12.8 Å². The Hall–Kier alpha value is -1.42. The number of carbonyl (C=O) groups is 1. The van der Waals surface area contributed by atoms with Gasteiger partial charge < -0.3 is 10.2 Å². The number of unbranched alkanes of at least 4 members (excludes halogenated alkanes) is 3. The van der Waals surface area contributed by atoms with Crippen LogP contribution in [0.25, 0.3) is 0 Å². The van der Waals surface area contributed by atoms with E-state index in [1.54, 1.807) is 0 Å². The third kappa shape index (κ3) is 5.20. The maximum atomic E-state index is 13.5. The van der Waals surface area contributed by atoms with Crippen LogP contribution >= 0.6 is 7.37 Å². The number of carbonyl (C=O) groups excluding carboxylic acids is 1. The van der Waals surface area contributed by atoms with Gasteiger partial charge in [-0.15, -0.1) is 0 Å². The zero-order valence-electron chi connectivity index (χ0n) is 17.7. The van der Waals surface area contributed by atoms with E-state index in [0.29, 0.717) is 6.42 Å². The monoisotopic (exact) mass is 418 g/mol. The summed E-state index contributed by atoms with van der Waals surface area (Å²) in [4.78, 5) is 26.1. The molecule has 4 atom stereocenters. The van der Waals surface area contributed by atoms with E-state index in [0.717, 1.165) is 37.8 Å². The molecule has 0 radical (unpaired) electrons. The summed E-state index contributed by atoms with van der Waals surface area (Å²) in [6, 6.07) is 9.22. The van der Waals surface area contributed by atoms with Crippen LogP contribution in [0.2, 0.25) is 0 Å². The fourth-order valence-corrected chi connectivity index (χ4v) is 6.78. The number of allylic oxidation sites excluding steroid dienone is 1. The first kappa shape index (κ1) is 22.3. The number of rotatable bonds is 10. The number of benzene rings is 1. The van der Waals surface area contributed by atoms with Crippen molar-refractivity contribution < 1.29 is 14.3 Å². The van der Waals surface area contributed by atoms with E-state index < -0.39 is 12.6 Å². The summed E-state index contributed by atoms with van der Waals surface area (Å²) in [7, 11) is -1.69. The molecule has 1 aliphatic heterocycles. The van der Waals surface area contributed by atoms with Gasteiger partial charge in [-0.3, -0.25) is 14.3 Å². The minimum absolute atomic E-state index is 0.0701. The average molecular weight is 419 g/mol. The molecular weight excluding hydrogens is 383 g/mol. The molecule has 5 nitrogen and oxygen atoms in total. The minimum atomic E-state index is -3.64. The number of hydrogen-bond donors (Lipinski definition) is 2. The van der Waals surface area contributed by atoms with Crippen LogP contribution in [-0.2, 0) is 15.5 Å². The highest BCUT2D eigenvalue weighted by atomic mass is 31.2. The first-order chi connectivity index (χ1) is 13.9. The molecule has 1 aliphatic carbocycles.